The van der Waals surface area contributed by atoms with E-state index in [9.17, 15) is 13.5 Å². The lowest BCUT2D eigenvalue weighted by Gasteiger charge is -2.22. The molecule has 1 aromatic rings. The monoisotopic (exact) mass is 364 g/mol. The molecule has 0 bridgehead atoms. The Bertz CT molecular complexity index is 567. The van der Waals surface area contributed by atoms with E-state index in [0.717, 1.165) is 0 Å². The molecule has 0 amide bonds. The van der Waals surface area contributed by atoms with Gasteiger partial charge in [-0.25, -0.2) is 13.1 Å². The molecule has 1 aromatic carbocycles. The number of halogens is 1. The molecule has 0 aliphatic heterocycles. The molecule has 0 saturated carbocycles. The Labute approximate surface area is 128 Å². The minimum atomic E-state index is -3.70. The zero-order valence-electron chi connectivity index (χ0n) is 11.9. The molecule has 0 saturated heterocycles. The normalized spacial score (nSPS) is 14.2. The molecule has 5 nitrogen and oxygen atoms in total. The number of anilines is 1. The Balaban J connectivity index is 2.78. The third kappa shape index (κ3) is 5.40. The van der Waals surface area contributed by atoms with Crippen LogP contribution in [-0.4, -0.2) is 26.2 Å². The van der Waals surface area contributed by atoms with Crippen LogP contribution in [0.5, 0.6) is 0 Å². The summed E-state index contributed by atoms with van der Waals surface area (Å²) in [5, 5.41) is 9.86. The Morgan fingerprint density at radius 3 is 2.55 bits per heavy atom. The van der Waals surface area contributed by atoms with Crippen LogP contribution >= 0.6 is 15.9 Å². The maximum atomic E-state index is 12.2. The second kappa shape index (κ2) is 6.43. The number of hydrogen-bond acceptors (Lipinski definition) is 4. The maximum absolute atomic E-state index is 12.2. The summed E-state index contributed by atoms with van der Waals surface area (Å²) >= 11 is 3.18. The number of rotatable bonds is 5. The van der Waals surface area contributed by atoms with E-state index in [2.05, 4.69) is 20.7 Å². The first kappa shape index (κ1) is 17.4. The molecule has 0 aliphatic rings. The number of aliphatic hydroxyl groups excluding tert-OH is 1. The summed E-state index contributed by atoms with van der Waals surface area (Å²) in [6.07, 6.45) is -0.224. The number of hydrogen-bond donors (Lipinski definition) is 3. The highest BCUT2D eigenvalue weighted by Crippen LogP contribution is 2.24. The highest BCUT2D eigenvalue weighted by atomic mass is 79.9. The SMILES string of the molecule is CC(C)(C)CC(O)CNS(=O)(=O)c1cc(N)ccc1Br. The van der Waals surface area contributed by atoms with Crippen molar-refractivity contribution in [1.29, 1.82) is 0 Å². The average Bonchev–Trinajstić information content (AvgIpc) is 2.27. The number of sulfonamides is 1. The quantitative estimate of drug-likeness (QED) is 0.697. The number of nitrogens with two attached hydrogens (primary N) is 1. The van der Waals surface area contributed by atoms with E-state index < -0.39 is 16.1 Å². The molecule has 1 atom stereocenters. The van der Waals surface area contributed by atoms with Gasteiger partial charge in [0.2, 0.25) is 10.0 Å². The van der Waals surface area contributed by atoms with Crippen molar-refractivity contribution in [2.45, 2.75) is 38.2 Å². The molecule has 114 valence electrons. The molecular formula is C13H21BrN2O3S. The molecule has 4 N–H and O–H groups in total. The van der Waals surface area contributed by atoms with Gasteiger partial charge < -0.3 is 10.8 Å². The third-order valence-corrected chi connectivity index (χ3v) is 5.02. The van der Waals surface area contributed by atoms with E-state index in [1.165, 1.54) is 6.07 Å². The summed E-state index contributed by atoms with van der Waals surface area (Å²) < 4.78 is 27.2. The van der Waals surface area contributed by atoms with Crippen molar-refractivity contribution in [1.82, 2.24) is 4.72 Å². The average molecular weight is 365 g/mol. The first-order valence-electron chi connectivity index (χ1n) is 6.24. The summed E-state index contributed by atoms with van der Waals surface area (Å²) in [5.41, 5.74) is 5.90. The van der Waals surface area contributed by atoms with Gasteiger partial charge in [0.05, 0.1) is 11.0 Å². The van der Waals surface area contributed by atoms with Crippen LogP contribution in [-0.2, 0) is 10.0 Å². The maximum Gasteiger partial charge on any atom is 0.241 e. The van der Waals surface area contributed by atoms with Gasteiger partial charge in [-0.2, -0.15) is 0 Å². The molecule has 1 unspecified atom stereocenters. The predicted molar refractivity (Wildman–Crippen MR) is 83.8 cm³/mol. The van der Waals surface area contributed by atoms with Gasteiger partial charge in [0.15, 0.2) is 0 Å². The molecular weight excluding hydrogens is 344 g/mol. The topological polar surface area (TPSA) is 92.4 Å². The van der Waals surface area contributed by atoms with E-state index >= 15 is 0 Å². The van der Waals surface area contributed by atoms with Gasteiger partial charge in [0.25, 0.3) is 0 Å². The largest absolute Gasteiger partial charge is 0.399 e. The lowest BCUT2D eigenvalue weighted by molar-refractivity contribution is 0.125. The molecule has 0 fully saturated rings. The van der Waals surface area contributed by atoms with Gasteiger partial charge in [-0.1, -0.05) is 20.8 Å². The van der Waals surface area contributed by atoms with Crippen LogP contribution in [0.4, 0.5) is 5.69 Å². The third-order valence-electron chi connectivity index (χ3n) is 2.60. The summed E-state index contributed by atoms with van der Waals surface area (Å²) in [4.78, 5) is 0.0699. The van der Waals surface area contributed by atoms with E-state index in [1.807, 2.05) is 20.8 Å². The highest BCUT2D eigenvalue weighted by molar-refractivity contribution is 9.10. The van der Waals surface area contributed by atoms with E-state index in [4.69, 9.17) is 5.73 Å². The zero-order chi connectivity index (χ0) is 15.6. The Hall–Kier alpha value is -0.630. The van der Waals surface area contributed by atoms with Gasteiger partial charge in [0.1, 0.15) is 0 Å². The zero-order valence-corrected chi connectivity index (χ0v) is 14.3. The van der Waals surface area contributed by atoms with Crippen LogP contribution < -0.4 is 10.5 Å². The van der Waals surface area contributed by atoms with Crippen molar-refractivity contribution in [3.8, 4) is 0 Å². The minimum absolute atomic E-state index is 0.0269. The van der Waals surface area contributed by atoms with Crippen molar-refractivity contribution in [3.63, 3.8) is 0 Å². The van der Waals surface area contributed by atoms with Crippen molar-refractivity contribution >= 4 is 31.6 Å². The second-order valence-electron chi connectivity index (χ2n) is 5.96. The smallest absolute Gasteiger partial charge is 0.241 e. The molecule has 0 radical (unpaired) electrons. The Morgan fingerprint density at radius 1 is 1.40 bits per heavy atom. The van der Waals surface area contributed by atoms with E-state index in [-0.39, 0.29) is 16.9 Å². The first-order valence-corrected chi connectivity index (χ1v) is 8.52. The van der Waals surface area contributed by atoms with E-state index in [1.54, 1.807) is 12.1 Å². The predicted octanol–water partition coefficient (Wildman–Crippen LogP) is 2.11. The molecule has 7 heteroatoms. The van der Waals surface area contributed by atoms with Crippen LogP contribution in [0.15, 0.2) is 27.6 Å². The van der Waals surface area contributed by atoms with Crippen LogP contribution in [0.1, 0.15) is 27.2 Å². The van der Waals surface area contributed by atoms with Gasteiger partial charge in [-0.05, 0) is 46.0 Å². The fourth-order valence-electron chi connectivity index (χ4n) is 1.79. The van der Waals surface area contributed by atoms with Crippen molar-refractivity contribution in [2.75, 3.05) is 12.3 Å². The molecule has 0 spiro atoms. The molecule has 0 heterocycles. The van der Waals surface area contributed by atoms with Crippen molar-refractivity contribution in [3.05, 3.63) is 22.7 Å². The molecule has 0 aliphatic carbocycles. The number of aliphatic hydroxyl groups is 1. The number of nitrogen functional groups attached to an aromatic ring is 1. The van der Waals surface area contributed by atoms with Crippen molar-refractivity contribution < 1.29 is 13.5 Å². The fourth-order valence-corrected chi connectivity index (χ4v) is 3.86. The number of nitrogens with one attached hydrogen (secondary N) is 1. The summed E-state index contributed by atoms with van der Waals surface area (Å²) in [5.74, 6) is 0. The van der Waals surface area contributed by atoms with Crippen molar-refractivity contribution in [2.24, 2.45) is 5.41 Å². The van der Waals surface area contributed by atoms with Gasteiger partial charge in [-0.15, -0.1) is 0 Å². The Kier molecular flexibility index (Phi) is 5.60. The molecule has 1 rings (SSSR count). The Morgan fingerprint density at radius 2 is 2.00 bits per heavy atom. The summed E-state index contributed by atoms with van der Waals surface area (Å²) in [7, 11) is -3.70. The van der Waals surface area contributed by atoms with Gasteiger partial charge in [-0.3, -0.25) is 0 Å². The van der Waals surface area contributed by atoms with Crippen LogP contribution in [0.25, 0.3) is 0 Å². The molecule has 0 aromatic heterocycles. The highest BCUT2D eigenvalue weighted by Gasteiger charge is 2.21. The van der Waals surface area contributed by atoms with Crippen LogP contribution in [0.2, 0.25) is 0 Å². The van der Waals surface area contributed by atoms with Crippen LogP contribution in [0, 0.1) is 5.41 Å². The second-order valence-corrected chi connectivity index (χ2v) is 8.55. The van der Waals surface area contributed by atoms with E-state index in [0.29, 0.717) is 16.6 Å². The fraction of sp³-hybridized carbons (Fsp3) is 0.538. The summed E-state index contributed by atoms with van der Waals surface area (Å²) in [6, 6.07) is 4.57. The standard InChI is InChI=1S/C13H21BrN2O3S/c1-13(2,3)7-10(17)8-16-20(18,19)12-6-9(15)4-5-11(12)14/h4-6,10,16-17H,7-8,15H2,1-3H3. The number of benzene rings is 1. The first-order chi connectivity index (χ1) is 9.01. The lowest BCUT2D eigenvalue weighted by Crippen LogP contribution is -2.34. The minimum Gasteiger partial charge on any atom is -0.399 e. The summed E-state index contributed by atoms with van der Waals surface area (Å²) in [6.45, 7) is 5.93. The lowest BCUT2D eigenvalue weighted by atomic mass is 9.89. The molecule has 20 heavy (non-hydrogen) atoms. The van der Waals surface area contributed by atoms with Gasteiger partial charge in [0, 0.05) is 16.7 Å². The van der Waals surface area contributed by atoms with Gasteiger partial charge >= 0.3 is 0 Å². The van der Waals surface area contributed by atoms with Crippen LogP contribution in [0.3, 0.4) is 0 Å².